The van der Waals surface area contributed by atoms with Gasteiger partial charge >= 0.3 is 6.09 Å². The maximum absolute atomic E-state index is 11.6. The number of sulfonamides is 1. The lowest BCUT2D eigenvalue weighted by Gasteiger charge is -2.03. The smallest absolute Gasteiger partial charge is 0.418 e. The van der Waals surface area contributed by atoms with Crippen LogP contribution in [0.4, 0.5) is 4.79 Å². The lowest BCUT2D eigenvalue weighted by Crippen LogP contribution is -2.28. The highest BCUT2D eigenvalue weighted by Gasteiger charge is 2.22. The van der Waals surface area contributed by atoms with Crippen molar-refractivity contribution in [3.8, 4) is 16.3 Å². The van der Waals surface area contributed by atoms with E-state index in [0.29, 0.717) is 28.8 Å². The summed E-state index contributed by atoms with van der Waals surface area (Å²) in [6.07, 6.45) is -1.68. The number of halogens is 1. The molecule has 1 heterocycles. The minimum Gasteiger partial charge on any atom is -0.492 e. The average Bonchev–Trinajstić information content (AvgIpc) is 2.95. The number of carbonyl (C=O) groups is 1. The summed E-state index contributed by atoms with van der Waals surface area (Å²) in [6.45, 7) is 0.378. The van der Waals surface area contributed by atoms with Crippen molar-refractivity contribution in [2.45, 2.75) is 4.34 Å². The van der Waals surface area contributed by atoms with Crippen molar-refractivity contribution < 1.29 is 23.1 Å². The van der Waals surface area contributed by atoms with Gasteiger partial charge in [0.25, 0.3) is 14.4 Å². The highest BCUT2D eigenvalue weighted by Crippen LogP contribution is 2.27. The Balaban J connectivity index is 2.19. The number of nitrogens with one attached hydrogen (secondary N) is 1. The number of ether oxygens (including phenoxy) is 1. The van der Waals surface area contributed by atoms with Crippen LogP contribution in [-0.2, 0) is 10.0 Å². The van der Waals surface area contributed by atoms with Crippen LogP contribution in [0.1, 0.15) is 0 Å². The monoisotopic (exact) mass is 363 g/mol. The molecular weight excluding hydrogens is 354 g/mol. The SMILES string of the molecule is O=C(O)NS(=O)(=O)c1nnc(-c2ccc(OCCCl)cc2)s1. The summed E-state index contributed by atoms with van der Waals surface area (Å²) in [5.74, 6) is 0.991. The Morgan fingerprint density at radius 3 is 2.59 bits per heavy atom. The maximum atomic E-state index is 11.6. The van der Waals surface area contributed by atoms with Gasteiger partial charge in [0.05, 0.1) is 5.88 Å². The van der Waals surface area contributed by atoms with Gasteiger partial charge in [-0.2, -0.15) is 8.42 Å². The largest absolute Gasteiger partial charge is 0.492 e. The van der Waals surface area contributed by atoms with Gasteiger partial charge in [-0.05, 0) is 24.3 Å². The molecule has 11 heteroatoms. The number of alkyl halides is 1. The van der Waals surface area contributed by atoms with Crippen molar-refractivity contribution in [3.05, 3.63) is 24.3 Å². The van der Waals surface area contributed by atoms with Crippen molar-refractivity contribution in [1.82, 2.24) is 14.9 Å². The topological polar surface area (TPSA) is 118 Å². The van der Waals surface area contributed by atoms with Crippen molar-refractivity contribution in [1.29, 1.82) is 0 Å². The minimum atomic E-state index is -4.21. The van der Waals surface area contributed by atoms with Crippen molar-refractivity contribution in [2.24, 2.45) is 0 Å². The quantitative estimate of drug-likeness (QED) is 0.751. The molecule has 0 aliphatic rings. The Labute approximate surface area is 134 Å². The third-order valence-corrected chi connectivity index (χ3v) is 5.12. The third-order valence-electron chi connectivity index (χ3n) is 2.31. The van der Waals surface area contributed by atoms with Gasteiger partial charge in [-0.1, -0.05) is 11.3 Å². The molecule has 0 saturated heterocycles. The van der Waals surface area contributed by atoms with E-state index in [-0.39, 0.29) is 0 Å². The fourth-order valence-corrected chi connectivity index (χ4v) is 3.37. The molecule has 2 aromatic rings. The van der Waals surface area contributed by atoms with Gasteiger partial charge < -0.3 is 9.84 Å². The summed E-state index contributed by atoms with van der Waals surface area (Å²) in [7, 11) is -4.21. The Kier molecular flexibility index (Phi) is 5.16. The van der Waals surface area contributed by atoms with E-state index in [1.54, 1.807) is 24.3 Å². The van der Waals surface area contributed by atoms with Crippen molar-refractivity contribution >= 4 is 39.1 Å². The number of benzene rings is 1. The minimum absolute atomic E-state index is 0.342. The second-order valence-corrected chi connectivity index (χ2v) is 7.06. The number of hydrogen-bond acceptors (Lipinski definition) is 7. The predicted octanol–water partition coefficient (Wildman–Crippen LogP) is 1.78. The molecule has 0 aliphatic heterocycles. The first-order valence-corrected chi connectivity index (χ1v) is 8.64. The zero-order valence-corrected chi connectivity index (χ0v) is 13.3. The molecule has 0 atom stereocenters. The zero-order chi connectivity index (χ0) is 16.2. The second-order valence-electron chi connectivity index (χ2n) is 3.85. The highest BCUT2D eigenvalue weighted by atomic mass is 35.5. The van der Waals surface area contributed by atoms with E-state index < -0.39 is 20.5 Å². The highest BCUT2D eigenvalue weighted by molar-refractivity contribution is 7.92. The summed E-state index contributed by atoms with van der Waals surface area (Å²) in [5, 5.41) is 16.1. The van der Waals surface area contributed by atoms with Crippen molar-refractivity contribution in [2.75, 3.05) is 12.5 Å². The van der Waals surface area contributed by atoms with E-state index in [9.17, 15) is 13.2 Å². The molecule has 8 nitrogen and oxygen atoms in total. The van der Waals surface area contributed by atoms with Crippen LogP contribution in [0.15, 0.2) is 28.6 Å². The molecule has 1 aromatic heterocycles. The molecule has 0 aliphatic carbocycles. The Morgan fingerprint density at radius 2 is 2.00 bits per heavy atom. The molecule has 1 amide bonds. The van der Waals surface area contributed by atoms with E-state index in [4.69, 9.17) is 21.4 Å². The van der Waals surface area contributed by atoms with E-state index in [0.717, 1.165) is 11.3 Å². The van der Waals surface area contributed by atoms with Crippen LogP contribution in [-0.4, -0.2) is 42.3 Å². The van der Waals surface area contributed by atoms with Crippen LogP contribution in [0.3, 0.4) is 0 Å². The zero-order valence-electron chi connectivity index (χ0n) is 10.9. The van der Waals surface area contributed by atoms with Crippen LogP contribution in [0.25, 0.3) is 10.6 Å². The summed E-state index contributed by atoms with van der Waals surface area (Å²) in [6, 6.07) is 6.75. The molecule has 0 bridgehead atoms. The number of aromatic nitrogens is 2. The molecule has 0 radical (unpaired) electrons. The van der Waals surface area contributed by atoms with Gasteiger partial charge in [0, 0.05) is 5.56 Å². The van der Waals surface area contributed by atoms with Crippen LogP contribution in [0, 0.1) is 0 Å². The Hall–Kier alpha value is -1.91. The molecule has 118 valence electrons. The number of amides is 1. The second kappa shape index (κ2) is 6.90. The average molecular weight is 364 g/mol. The van der Waals surface area contributed by atoms with E-state index in [1.165, 1.54) is 4.72 Å². The molecular formula is C11H10ClN3O5S2. The Bertz CT molecular complexity index is 760. The van der Waals surface area contributed by atoms with Gasteiger partial charge in [-0.25, -0.2) is 9.52 Å². The van der Waals surface area contributed by atoms with Crippen LogP contribution in [0.2, 0.25) is 0 Å². The number of nitrogens with zero attached hydrogens (tertiary/aromatic N) is 2. The van der Waals surface area contributed by atoms with Gasteiger partial charge in [-0.3, -0.25) is 0 Å². The molecule has 0 spiro atoms. The Morgan fingerprint density at radius 1 is 1.32 bits per heavy atom. The van der Waals surface area contributed by atoms with Gasteiger partial charge in [0.2, 0.25) is 0 Å². The summed E-state index contributed by atoms with van der Waals surface area (Å²) in [5.41, 5.74) is 0.632. The lowest BCUT2D eigenvalue weighted by atomic mass is 10.2. The van der Waals surface area contributed by atoms with Gasteiger partial charge in [-0.15, -0.1) is 21.8 Å². The third kappa shape index (κ3) is 4.06. The van der Waals surface area contributed by atoms with E-state index in [2.05, 4.69) is 10.2 Å². The molecule has 2 rings (SSSR count). The van der Waals surface area contributed by atoms with Crippen LogP contribution in [0.5, 0.6) is 5.75 Å². The molecule has 22 heavy (non-hydrogen) atoms. The predicted molar refractivity (Wildman–Crippen MR) is 79.9 cm³/mol. The van der Waals surface area contributed by atoms with E-state index >= 15 is 0 Å². The molecule has 2 N–H and O–H groups in total. The maximum Gasteiger partial charge on any atom is 0.418 e. The fourth-order valence-electron chi connectivity index (χ4n) is 1.44. The van der Waals surface area contributed by atoms with Gasteiger partial charge in [0.15, 0.2) is 0 Å². The lowest BCUT2D eigenvalue weighted by molar-refractivity contribution is 0.201. The first-order valence-electron chi connectivity index (χ1n) is 5.81. The van der Waals surface area contributed by atoms with Crippen molar-refractivity contribution in [3.63, 3.8) is 0 Å². The summed E-state index contributed by atoms with van der Waals surface area (Å²) < 4.78 is 29.6. The first kappa shape index (κ1) is 16.5. The molecule has 0 unspecified atom stereocenters. The van der Waals surface area contributed by atoms with Crippen LogP contribution < -0.4 is 9.46 Å². The van der Waals surface area contributed by atoms with E-state index in [1.807, 2.05) is 0 Å². The summed E-state index contributed by atoms with van der Waals surface area (Å²) >= 11 is 6.27. The van der Waals surface area contributed by atoms with Crippen LogP contribution >= 0.6 is 22.9 Å². The fraction of sp³-hybridized carbons (Fsp3) is 0.182. The first-order chi connectivity index (χ1) is 10.4. The summed E-state index contributed by atoms with van der Waals surface area (Å²) in [4.78, 5) is 10.4. The standard InChI is InChI=1S/C11H10ClN3O5S2/c12-5-6-20-8-3-1-7(2-4-8)9-13-14-11(21-9)22(18,19)15-10(16)17/h1-4,15H,5-6H2,(H,16,17). The molecule has 0 saturated carbocycles. The van der Waals surface area contributed by atoms with Gasteiger partial charge in [0.1, 0.15) is 17.4 Å². The number of hydrogen-bond donors (Lipinski definition) is 2. The number of rotatable bonds is 6. The normalized spacial score (nSPS) is 11.1. The number of carboxylic acid groups (broad SMARTS) is 1. The molecule has 1 aromatic carbocycles. The molecule has 0 fully saturated rings.